The van der Waals surface area contributed by atoms with E-state index in [0.29, 0.717) is 31.2 Å². The third-order valence-electron chi connectivity index (χ3n) is 11.2. The number of nitrogens with zero attached hydrogens (tertiary/aromatic N) is 1. The topological polar surface area (TPSA) is 305 Å². The molecule has 3 aliphatic rings. The monoisotopic (exact) mass is 876 g/mol. The van der Waals surface area contributed by atoms with Gasteiger partial charge in [0.15, 0.2) is 0 Å². The Morgan fingerprint density at radius 1 is 0.803 bits per heavy atom. The fraction of sp³-hybridized carbons (Fsp3) is 0.650. The molecule has 4 rings (SSSR count). The molecule has 1 saturated carbocycles. The largest absolute Gasteiger partial charge is 0.524 e. The number of primary amides is 1. The highest BCUT2D eigenvalue weighted by Gasteiger charge is 2.40. The van der Waals surface area contributed by atoms with Crippen molar-refractivity contribution in [3.63, 3.8) is 0 Å². The fourth-order valence-corrected chi connectivity index (χ4v) is 8.45. The molecule has 2 saturated heterocycles. The molecule has 0 aromatic heterocycles. The molecule has 6 atom stereocenters. The summed E-state index contributed by atoms with van der Waals surface area (Å²) in [5, 5.41) is 16.2. The van der Waals surface area contributed by atoms with Crippen LogP contribution in [0.3, 0.4) is 0 Å². The minimum Gasteiger partial charge on any atom is -0.404 e. The van der Waals surface area contributed by atoms with Crippen LogP contribution in [0.15, 0.2) is 24.3 Å². The number of phosphoric ester groups is 1. The van der Waals surface area contributed by atoms with Gasteiger partial charge in [-0.05, 0) is 68.1 Å². The van der Waals surface area contributed by atoms with E-state index in [0.717, 1.165) is 32.1 Å². The van der Waals surface area contributed by atoms with Crippen molar-refractivity contribution >= 4 is 55.1 Å². The third kappa shape index (κ3) is 15.4. The Kier molecular flexibility index (Phi) is 18.1. The van der Waals surface area contributed by atoms with Gasteiger partial charge in [-0.15, -0.1) is 0 Å². The fourth-order valence-electron chi connectivity index (χ4n) is 8.05. The SMILES string of the molecule is CC(=O)N[C@H]1CCCCNC(=O)[C@H]2CCCN2C(=O)[C@H](C(C)C)NC(=O)[C@@H](CC(N)=O)NC(=O)[C@H](CC2CCCCC2)NC(=O)[C@@H](Cc2ccc(OP(=O)(O)O)cc2)NC1=O. The third-order valence-corrected chi connectivity index (χ3v) is 11.6. The van der Waals surface area contributed by atoms with Crippen molar-refractivity contribution in [3.05, 3.63) is 29.8 Å². The molecule has 8 amide bonds. The van der Waals surface area contributed by atoms with E-state index in [1.165, 1.54) is 36.1 Å². The zero-order valence-corrected chi connectivity index (χ0v) is 35.9. The van der Waals surface area contributed by atoms with Crippen molar-refractivity contribution in [2.24, 2.45) is 17.6 Å². The number of hydrogen-bond acceptors (Lipinski definition) is 10. The van der Waals surface area contributed by atoms with Gasteiger partial charge in [-0.2, -0.15) is 0 Å². The summed E-state index contributed by atoms with van der Waals surface area (Å²) in [5.74, 6) is -6.15. The second-order valence-corrected chi connectivity index (χ2v) is 17.6. The van der Waals surface area contributed by atoms with Gasteiger partial charge in [0.2, 0.25) is 47.3 Å². The first kappa shape index (κ1) is 48.6. The molecule has 0 spiro atoms. The van der Waals surface area contributed by atoms with Crippen LogP contribution in [-0.4, -0.2) is 111 Å². The highest BCUT2D eigenvalue weighted by molar-refractivity contribution is 7.46. The second-order valence-electron chi connectivity index (χ2n) is 16.5. The lowest BCUT2D eigenvalue weighted by Gasteiger charge is -2.32. The van der Waals surface area contributed by atoms with Crippen molar-refractivity contribution in [1.29, 1.82) is 0 Å². The minimum atomic E-state index is -4.87. The summed E-state index contributed by atoms with van der Waals surface area (Å²) in [5.41, 5.74) is 5.96. The molecule has 1 aromatic rings. The molecule has 1 aromatic carbocycles. The summed E-state index contributed by atoms with van der Waals surface area (Å²) in [6.45, 7) is 5.12. The summed E-state index contributed by atoms with van der Waals surface area (Å²) in [6, 6.07) is -1.82. The summed E-state index contributed by atoms with van der Waals surface area (Å²) >= 11 is 0. The van der Waals surface area contributed by atoms with E-state index in [-0.39, 0.29) is 44.0 Å². The van der Waals surface area contributed by atoms with Crippen LogP contribution in [0.4, 0.5) is 0 Å². The van der Waals surface area contributed by atoms with Crippen LogP contribution in [0.1, 0.15) is 103 Å². The van der Waals surface area contributed by atoms with Crippen LogP contribution in [0.2, 0.25) is 0 Å². The summed E-state index contributed by atoms with van der Waals surface area (Å²) < 4.78 is 16.0. The van der Waals surface area contributed by atoms with Crippen LogP contribution < -0.4 is 42.2 Å². The number of nitrogens with one attached hydrogen (secondary N) is 6. The van der Waals surface area contributed by atoms with E-state index in [1.807, 2.05) is 0 Å². The number of amides is 8. The first-order valence-electron chi connectivity index (χ1n) is 21.0. The molecular formula is C40H61N8O12P. The quantitative estimate of drug-likeness (QED) is 0.140. The Morgan fingerprint density at radius 3 is 2.03 bits per heavy atom. The summed E-state index contributed by atoms with van der Waals surface area (Å²) in [7, 11) is -4.87. The maximum absolute atomic E-state index is 14.3. The van der Waals surface area contributed by atoms with Crippen LogP contribution in [-0.2, 0) is 49.3 Å². The number of nitrogens with two attached hydrogens (primary N) is 1. The molecule has 2 aliphatic heterocycles. The standard InChI is InChI=1S/C40H61N8O12P/c1-23(2)34-40(56)48-19-9-13-32(48)39(55)42-18-8-7-12-28(43-24(3)49)35(51)44-30(21-26-14-16-27(17-15-26)60-61(57,58)59)36(52)45-29(20-25-10-5-4-6-11-25)37(53)46-31(22-33(41)50)38(54)47-34/h14-17,23,25,28-32,34H,4-13,18-22H2,1-3H3,(H2,41,50)(H,42,55)(H,43,49)(H,44,51)(H,45,52)(H,46,53)(H,47,54)(H2,57,58,59)/t28-,29-,30+,31+,32+,34-/m0/s1. The lowest BCUT2D eigenvalue weighted by Crippen LogP contribution is -2.61. The van der Waals surface area contributed by atoms with E-state index < -0.39 is 104 Å². The van der Waals surface area contributed by atoms with Gasteiger partial charge in [0.25, 0.3) is 0 Å². The molecule has 10 N–H and O–H groups in total. The maximum atomic E-state index is 14.3. The molecule has 21 heteroatoms. The average Bonchev–Trinajstić information content (AvgIpc) is 3.68. The summed E-state index contributed by atoms with van der Waals surface area (Å²) in [4.78, 5) is 128. The van der Waals surface area contributed by atoms with E-state index in [2.05, 4.69) is 36.4 Å². The zero-order valence-electron chi connectivity index (χ0n) is 35.0. The molecule has 338 valence electrons. The first-order chi connectivity index (χ1) is 28.8. The van der Waals surface area contributed by atoms with Gasteiger partial charge in [-0.1, -0.05) is 58.1 Å². The molecule has 0 bridgehead atoms. The normalized spacial score (nSPS) is 26.0. The second kappa shape index (κ2) is 22.7. The molecule has 2 heterocycles. The minimum absolute atomic E-state index is 0.000849. The number of phosphoric acid groups is 1. The van der Waals surface area contributed by atoms with Gasteiger partial charge in [0, 0.05) is 26.4 Å². The number of carbonyl (C=O) groups is 8. The number of benzene rings is 1. The Labute approximate surface area is 355 Å². The molecule has 1 aliphatic carbocycles. The number of rotatable bonds is 10. The van der Waals surface area contributed by atoms with Crippen LogP contribution in [0, 0.1) is 11.8 Å². The molecule has 20 nitrogen and oxygen atoms in total. The van der Waals surface area contributed by atoms with Crippen LogP contribution >= 0.6 is 7.82 Å². The van der Waals surface area contributed by atoms with Gasteiger partial charge < -0.3 is 47.1 Å². The number of carbonyl (C=O) groups excluding carboxylic acids is 8. The van der Waals surface area contributed by atoms with Crippen molar-refractivity contribution in [3.8, 4) is 5.75 Å². The highest BCUT2D eigenvalue weighted by atomic mass is 31.2. The van der Waals surface area contributed by atoms with E-state index in [4.69, 9.17) is 5.73 Å². The zero-order chi connectivity index (χ0) is 44.9. The molecular weight excluding hydrogens is 815 g/mol. The Bertz CT molecular complexity index is 1800. The Morgan fingerprint density at radius 2 is 1.41 bits per heavy atom. The van der Waals surface area contributed by atoms with Gasteiger partial charge in [0.05, 0.1) is 6.42 Å². The maximum Gasteiger partial charge on any atom is 0.524 e. The van der Waals surface area contributed by atoms with E-state index >= 15 is 0 Å². The lowest BCUT2D eigenvalue weighted by atomic mass is 9.84. The molecule has 0 unspecified atom stereocenters. The van der Waals surface area contributed by atoms with Crippen LogP contribution in [0.5, 0.6) is 5.75 Å². The van der Waals surface area contributed by atoms with Crippen molar-refractivity contribution in [1.82, 2.24) is 36.8 Å². The smallest absolute Gasteiger partial charge is 0.404 e. The average molecular weight is 877 g/mol. The highest BCUT2D eigenvalue weighted by Crippen LogP contribution is 2.37. The summed E-state index contributed by atoms with van der Waals surface area (Å²) in [6.07, 6.45) is 5.47. The van der Waals surface area contributed by atoms with E-state index in [9.17, 15) is 52.7 Å². The molecule has 3 fully saturated rings. The predicted molar refractivity (Wildman–Crippen MR) is 220 cm³/mol. The number of hydrogen-bond donors (Lipinski definition) is 9. The van der Waals surface area contributed by atoms with Crippen molar-refractivity contribution in [2.75, 3.05) is 13.1 Å². The Hall–Kier alpha value is -5.07. The first-order valence-corrected chi connectivity index (χ1v) is 22.5. The van der Waals surface area contributed by atoms with Crippen molar-refractivity contribution < 1.29 is 57.2 Å². The van der Waals surface area contributed by atoms with E-state index in [1.54, 1.807) is 13.8 Å². The van der Waals surface area contributed by atoms with Gasteiger partial charge >= 0.3 is 7.82 Å². The van der Waals surface area contributed by atoms with Crippen LogP contribution in [0.25, 0.3) is 0 Å². The van der Waals surface area contributed by atoms with Crippen molar-refractivity contribution in [2.45, 2.75) is 140 Å². The number of fused-ring (bicyclic) bond motifs is 1. The van der Waals surface area contributed by atoms with Gasteiger partial charge in [-0.3, -0.25) is 48.1 Å². The molecule has 61 heavy (non-hydrogen) atoms. The predicted octanol–water partition coefficient (Wildman–Crippen LogP) is -0.0626. The lowest BCUT2D eigenvalue weighted by molar-refractivity contribution is -0.143. The van der Waals surface area contributed by atoms with Gasteiger partial charge in [0.1, 0.15) is 42.0 Å². The van der Waals surface area contributed by atoms with Gasteiger partial charge in [-0.25, -0.2) is 4.57 Å². The Balaban J connectivity index is 1.73. The molecule has 0 radical (unpaired) electrons.